The average Bonchev–Trinajstić information content (AvgIpc) is 2.94. The molecule has 2 aliphatic heterocycles. The molecule has 8 nitrogen and oxygen atoms in total. The van der Waals surface area contributed by atoms with Crippen molar-refractivity contribution in [2.75, 3.05) is 13.1 Å². The van der Waals surface area contributed by atoms with E-state index < -0.39 is 28.3 Å². The molecule has 2 aliphatic rings. The Morgan fingerprint density at radius 1 is 1.48 bits per heavy atom. The number of hydrogen-bond donors (Lipinski definition) is 2. The normalized spacial score (nSPS) is 25.7. The van der Waals surface area contributed by atoms with Gasteiger partial charge in [-0.3, -0.25) is 0 Å². The molecule has 3 rings (SSSR count). The number of aliphatic hydroxyl groups excluding tert-OH is 1. The first-order valence-corrected chi connectivity index (χ1v) is 8.80. The topological polar surface area (TPSA) is 100 Å². The number of rotatable bonds is 3. The van der Waals surface area contributed by atoms with Crippen LogP contribution in [0.25, 0.3) is 0 Å². The van der Waals surface area contributed by atoms with E-state index in [2.05, 4.69) is 10.4 Å². The molecule has 0 aromatic heterocycles. The van der Waals surface area contributed by atoms with Crippen LogP contribution in [0.5, 0.6) is 5.75 Å². The summed E-state index contributed by atoms with van der Waals surface area (Å²) in [6.07, 6.45) is -1.16. The van der Waals surface area contributed by atoms with Crippen LogP contribution in [0.3, 0.4) is 0 Å². The average molecular weight is 406 g/mol. The highest BCUT2D eigenvalue weighted by molar-refractivity contribution is 8.00. The Bertz CT molecular complexity index is 787. The number of hydrazone groups is 1. The molecule has 0 bridgehead atoms. The van der Waals surface area contributed by atoms with Crippen LogP contribution in [0, 0.1) is 10.1 Å². The summed E-state index contributed by atoms with van der Waals surface area (Å²) in [4.78, 5) is 12.2. The molecule has 0 saturated carbocycles. The van der Waals surface area contributed by atoms with Crippen molar-refractivity contribution in [2.45, 2.75) is 42.0 Å². The SMILES string of the molecule is CC1(C)Oc2ccc(SC(F)(F)F)cc2C(N2CCNC2=N[N+](=O)[O-])C1O. The van der Waals surface area contributed by atoms with E-state index in [0.717, 1.165) is 0 Å². The fourth-order valence-corrected chi connectivity index (χ4v) is 3.81. The minimum Gasteiger partial charge on any atom is -0.485 e. The lowest BCUT2D eigenvalue weighted by Gasteiger charge is -2.45. The van der Waals surface area contributed by atoms with Gasteiger partial charge in [-0.1, -0.05) is 0 Å². The zero-order chi connectivity index (χ0) is 20.0. The monoisotopic (exact) mass is 406 g/mol. The lowest BCUT2D eigenvalue weighted by Crippen LogP contribution is -2.54. The predicted octanol–water partition coefficient (Wildman–Crippen LogP) is 2.32. The summed E-state index contributed by atoms with van der Waals surface area (Å²) in [6, 6.07) is 3.14. The number of alkyl halides is 3. The molecule has 148 valence electrons. The third-order valence-electron chi connectivity index (χ3n) is 4.34. The summed E-state index contributed by atoms with van der Waals surface area (Å²) >= 11 is -0.279. The number of aliphatic hydroxyl groups is 1. The van der Waals surface area contributed by atoms with Crippen molar-refractivity contribution in [1.82, 2.24) is 10.2 Å². The van der Waals surface area contributed by atoms with Crippen LogP contribution in [-0.2, 0) is 0 Å². The molecule has 1 aromatic carbocycles. The van der Waals surface area contributed by atoms with Gasteiger partial charge >= 0.3 is 5.51 Å². The Morgan fingerprint density at radius 3 is 2.81 bits per heavy atom. The molecular weight excluding hydrogens is 389 g/mol. The van der Waals surface area contributed by atoms with Crippen LogP contribution in [0.15, 0.2) is 28.2 Å². The molecule has 27 heavy (non-hydrogen) atoms. The summed E-state index contributed by atoms with van der Waals surface area (Å²) < 4.78 is 44.0. The van der Waals surface area contributed by atoms with E-state index in [4.69, 9.17) is 4.74 Å². The number of halogens is 3. The molecular formula is C15H17F3N4O4S. The summed E-state index contributed by atoms with van der Waals surface area (Å²) in [5.41, 5.74) is -5.21. The van der Waals surface area contributed by atoms with E-state index in [1.165, 1.54) is 23.1 Å². The second kappa shape index (κ2) is 6.75. The molecule has 0 amide bonds. The number of ether oxygens (including phenoxy) is 1. The number of nitro groups is 1. The Kier molecular flexibility index (Phi) is 4.89. The van der Waals surface area contributed by atoms with E-state index >= 15 is 0 Å². The number of nitrogens with zero attached hydrogens (tertiary/aromatic N) is 3. The maximum Gasteiger partial charge on any atom is 0.446 e. The van der Waals surface area contributed by atoms with Gasteiger partial charge in [0.15, 0.2) is 5.03 Å². The molecule has 2 unspecified atom stereocenters. The van der Waals surface area contributed by atoms with Gasteiger partial charge in [-0.25, -0.2) is 10.1 Å². The molecule has 12 heteroatoms. The molecule has 2 heterocycles. The summed E-state index contributed by atoms with van der Waals surface area (Å²) in [7, 11) is 0. The molecule has 1 fully saturated rings. The van der Waals surface area contributed by atoms with Crippen molar-refractivity contribution in [3.8, 4) is 5.75 Å². The molecule has 1 aromatic rings. The fourth-order valence-electron chi connectivity index (χ4n) is 3.22. The molecule has 0 spiro atoms. The van der Waals surface area contributed by atoms with E-state index in [1.54, 1.807) is 13.8 Å². The number of benzene rings is 1. The smallest absolute Gasteiger partial charge is 0.446 e. The highest BCUT2D eigenvalue weighted by atomic mass is 32.2. The number of guanidine groups is 1. The highest BCUT2D eigenvalue weighted by Gasteiger charge is 2.48. The molecule has 2 N–H and O–H groups in total. The first kappa shape index (κ1) is 19.5. The first-order valence-electron chi connectivity index (χ1n) is 7.98. The summed E-state index contributed by atoms with van der Waals surface area (Å²) in [5.74, 6) is 0.260. The number of nitrogens with one attached hydrogen (secondary N) is 1. The van der Waals surface area contributed by atoms with Crippen molar-refractivity contribution in [3.63, 3.8) is 0 Å². The maximum atomic E-state index is 12.7. The Labute approximate surface area is 156 Å². The zero-order valence-corrected chi connectivity index (χ0v) is 15.2. The predicted molar refractivity (Wildman–Crippen MR) is 90.9 cm³/mol. The molecule has 1 saturated heterocycles. The third-order valence-corrected chi connectivity index (χ3v) is 5.06. The fraction of sp³-hybridized carbons (Fsp3) is 0.533. The van der Waals surface area contributed by atoms with Crippen molar-refractivity contribution >= 4 is 17.7 Å². The Balaban J connectivity index is 2.07. The Morgan fingerprint density at radius 2 is 2.19 bits per heavy atom. The van der Waals surface area contributed by atoms with Gasteiger partial charge in [0.25, 0.3) is 5.96 Å². The van der Waals surface area contributed by atoms with Gasteiger partial charge in [-0.2, -0.15) is 13.2 Å². The van der Waals surface area contributed by atoms with E-state index in [0.29, 0.717) is 24.4 Å². The van der Waals surface area contributed by atoms with Crippen molar-refractivity contribution < 1.29 is 28.0 Å². The van der Waals surface area contributed by atoms with Gasteiger partial charge in [0, 0.05) is 23.5 Å². The van der Waals surface area contributed by atoms with Crippen molar-refractivity contribution in [2.24, 2.45) is 5.10 Å². The quantitative estimate of drug-likeness (QED) is 0.451. The molecule has 2 atom stereocenters. The first-order chi connectivity index (χ1) is 12.5. The zero-order valence-electron chi connectivity index (χ0n) is 14.4. The van der Waals surface area contributed by atoms with Crippen LogP contribution >= 0.6 is 11.8 Å². The van der Waals surface area contributed by atoms with E-state index in [9.17, 15) is 28.4 Å². The number of hydrogen-bond acceptors (Lipinski definition) is 5. The highest BCUT2D eigenvalue weighted by Crippen LogP contribution is 2.46. The third kappa shape index (κ3) is 4.05. The van der Waals surface area contributed by atoms with Gasteiger partial charge in [0.05, 0.1) is 6.04 Å². The van der Waals surface area contributed by atoms with Gasteiger partial charge in [-0.05, 0) is 43.8 Å². The van der Waals surface area contributed by atoms with Gasteiger partial charge in [-0.15, -0.1) is 0 Å². The van der Waals surface area contributed by atoms with Crippen molar-refractivity contribution in [1.29, 1.82) is 0 Å². The van der Waals surface area contributed by atoms with Gasteiger partial charge in [0.1, 0.15) is 22.6 Å². The Hall–Kier alpha value is -2.21. The van der Waals surface area contributed by atoms with Gasteiger partial charge in [0.2, 0.25) is 0 Å². The van der Waals surface area contributed by atoms with Crippen LogP contribution < -0.4 is 10.1 Å². The number of thioether (sulfide) groups is 1. The second-order valence-corrected chi connectivity index (χ2v) is 7.76. The minimum atomic E-state index is -4.47. The van der Waals surface area contributed by atoms with Gasteiger partial charge < -0.3 is 20.1 Å². The standard InChI is InChI=1S/C15H17F3N4O4S/c1-14(2)12(23)11(21-6-5-19-13(21)20-22(24)25)9-7-8(27-15(16,17)18)3-4-10(9)26-14/h3-4,7,11-12,23H,5-6H2,1-2H3,(H,19,20). The lowest BCUT2D eigenvalue weighted by molar-refractivity contribution is -0.485. The van der Waals surface area contributed by atoms with Crippen LogP contribution in [0.2, 0.25) is 0 Å². The maximum absolute atomic E-state index is 12.7. The van der Waals surface area contributed by atoms with Crippen LogP contribution in [-0.4, -0.2) is 51.3 Å². The van der Waals surface area contributed by atoms with E-state index in [-0.39, 0.29) is 22.6 Å². The second-order valence-electron chi connectivity index (χ2n) is 6.62. The molecule has 0 radical (unpaired) electrons. The van der Waals surface area contributed by atoms with Crippen LogP contribution in [0.4, 0.5) is 13.2 Å². The largest absolute Gasteiger partial charge is 0.485 e. The van der Waals surface area contributed by atoms with E-state index in [1.807, 2.05) is 0 Å². The molecule has 0 aliphatic carbocycles. The number of fused-ring (bicyclic) bond motifs is 1. The summed E-state index contributed by atoms with van der Waals surface area (Å²) in [6.45, 7) is 3.92. The lowest BCUT2D eigenvalue weighted by atomic mass is 9.85. The van der Waals surface area contributed by atoms with Crippen LogP contribution in [0.1, 0.15) is 25.5 Å². The minimum absolute atomic E-state index is 0.0541. The summed E-state index contributed by atoms with van der Waals surface area (Å²) in [5, 5.41) is 26.8. The van der Waals surface area contributed by atoms with Crippen molar-refractivity contribution in [3.05, 3.63) is 33.9 Å².